The van der Waals surface area contributed by atoms with Crippen molar-refractivity contribution < 1.29 is 0 Å². The molecule has 0 aliphatic carbocycles. The molecule has 0 saturated heterocycles. The molecule has 0 aliphatic rings. The van der Waals surface area contributed by atoms with E-state index in [2.05, 4.69) is 46.5 Å². The first-order valence-corrected chi connectivity index (χ1v) is 6.43. The molecule has 3 heteroatoms. The van der Waals surface area contributed by atoms with Crippen molar-refractivity contribution in [3.8, 4) is 0 Å². The minimum absolute atomic E-state index is 0.843. The zero-order valence-corrected chi connectivity index (χ0v) is 10.8. The first-order chi connectivity index (χ1) is 8.88. The molecule has 1 heterocycles. The molecule has 1 N–H and O–H groups in total. The summed E-state index contributed by atoms with van der Waals surface area (Å²) in [6.07, 6.45) is 5.71. The van der Waals surface area contributed by atoms with Gasteiger partial charge in [-0.15, -0.1) is 0 Å². The number of hydrogen-bond acceptors (Lipinski definition) is 3. The van der Waals surface area contributed by atoms with E-state index in [1.807, 2.05) is 18.5 Å². The van der Waals surface area contributed by atoms with Crippen LogP contribution in [0.4, 0.5) is 0 Å². The predicted octanol–water partition coefficient (Wildman–Crippen LogP) is 2.37. The van der Waals surface area contributed by atoms with Gasteiger partial charge in [0, 0.05) is 30.9 Å². The second-order valence-electron chi connectivity index (χ2n) is 4.27. The Morgan fingerprint density at radius 2 is 1.67 bits per heavy atom. The van der Waals surface area contributed by atoms with Crippen LogP contribution >= 0.6 is 0 Å². The molecule has 0 unspecified atom stereocenters. The van der Waals surface area contributed by atoms with Crippen molar-refractivity contribution in [2.75, 3.05) is 6.54 Å². The Hall–Kier alpha value is -1.74. The van der Waals surface area contributed by atoms with Crippen LogP contribution in [0.1, 0.15) is 23.9 Å². The first kappa shape index (κ1) is 12.7. The third-order valence-corrected chi connectivity index (χ3v) is 2.82. The summed E-state index contributed by atoms with van der Waals surface area (Å²) in [5.41, 5.74) is 2.47. The van der Waals surface area contributed by atoms with Crippen LogP contribution in [-0.2, 0) is 19.4 Å². The van der Waals surface area contributed by atoms with Gasteiger partial charge in [0.1, 0.15) is 5.82 Å². The maximum atomic E-state index is 4.40. The largest absolute Gasteiger partial charge is 0.313 e. The maximum Gasteiger partial charge on any atom is 0.128 e. The summed E-state index contributed by atoms with van der Waals surface area (Å²) in [6, 6.07) is 10.4. The van der Waals surface area contributed by atoms with Crippen LogP contribution in [-0.4, -0.2) is 16.5 Å². The molecule has 3 nitrogen and oxygen atoms in total. The summed E-state index contributed by atoms with van der Waals surface area (Å²) in [6.45, 7) is 3.90. The molecule has 1 aromatic heterocycles. The fourth-order valence-electron chi connectivity index (χ4n) is 1.77. The topological polar surface area (TPSA) is 37.8 Å². The van der Waals surface area contributed by atoms with Crippen molar-refractivity contribution in [2.24, 2.45) is 0 Å². The van der Waals surface area contributed by atoms with Crippen molar-refractivity contribution in [3.05, 3.63) is 59.7 Å². The van der Waals surface area contributed by atoms with Gasteiger partial charge in [-0.3, -0.25) is 0 Å². The van der Waals surface area contributed by atoms with Gasteiger partial charge in [-0.25, -0.2) is 9.97 Å². The molecule has 2 rings (SSSR count). The fourth-order valence-corrected chi connectivity index (χ4v) is 1.77. The molecule has 0 amide bonds. The predicted molar refractivity (Wildman–Crippen MR) is 73.3 cm³/mol. The van der Waals surface area contributed by atoms with Gasteiger partial charge < -0.3 is 5.32 Å². The zero-order valence-electron chi connectivity index (χ0n) is 10.8. The van der Waals surface area contributed by atoms with Gasteiger partial charge in [0.25, 0.3) is 0 Å². The average molecular weight is 241 g/mol. The van der Waals surface area contributed by atoms with E-state index in [1.54, 1.807) is 0 Å². The van der Waals surface area contributed by atoms with Crippen LogP contribution in [0.15, 0.2) is 42.7 Å². The lowest BCUT2D eigenvalue weighted by Gasteiger charge is -2.03. The average Bonchev–Trinajstić information content (AvgIpc) is 2.45. The Bertz CT molecular complexity index is 451. The van der Waals surface area contributed by atoms with Gasteiger partial charge in [-0.2, -0.15) is 0 Å². The van der Waals surface area contributed by atoms with Crippen molar-refractivity contribution >= 4 is 0 Å². The lowest BCUT2D eigenvalue weighted by atomic mass is 10.1. The van der Waals surface area contributed by atoms with E-state index in [9.17, 15) is 0 Å². The van der Waals surface area contributed by atoms with E-state index in [4.69, 9.17) is 0 Å². The summed E-state index contributed by atoms with van der Waals surface area (Å²) >= 11 is 0. The van der Waals surface area contributed by atoms with Crippen LogP contribution in [0, 0.1) is 0 Å². The summed E-state index contributed by atoms with van der Waals surface area (Å²) < 4.78 is 0. The molecule has 2 aromatic rings. The van der Waals surface area contributed by atoms with E-state index in [0.29, 0.717) is 0 Å². The van der Waals surface area contributed by atoms with Gasteiger partial charge in [0.2, 0.25) is 0 Å². The third-order valence-electron chi connectivity index (χ3n) is 2.82. The van der Waals surface area contributed by atoms with Gasteiger partial charge in [-0.1, -0.05) is 37.3 Å². The normalized spacial score (nSPS) is 10.5. The Balaban J connectivity index is 1.86. The number of aromatic nitrogens is 2. The van der Waals surface area contributed by atoms with E-state index in [1.165, 1.54) is 5.56 Å². The van der Waals surface area contributed by atoms with E-state index in [0.717, 1.165) is 37.3 Å². The fraction of sp³-hybridized carbons (Fsp3) is 0.333. The monoisotopic (exact) mass is 241 g/mol. The van der Waals surface area contributed by atoms with Crippen molar-refractivity contribution in [1.29, 1.82) is 0 Å². The highest BCUT2D eigenvalue weighted by Gasteiger charge is 1.99. The van der Waals surface area contributed by atoms with Crippen molar-refractivity contribution in [3.63, 3.8) is 0 Å². The van der Waals surface area contributed by atoms with E-state index >= 15 is 0 Å². The maximum absolute atomic E-state index is 4.40. The second-order valence-corrected chi connectivity index (χ2v) is 4.27. The molecule has 0 atom stereocenters. The number of nitrogens with zero attached hydrogens (tertiary/aromatic N) is 2. The quantitative estimate of drug-likeness (QED) is 0.843. The van der Waals surface area contributed by atoms with Crippen LogP contribution in [0.25, 0.3) is 0 Å². The van der Waals surface area contributed by atoms with Gasteiger partial charge in [0.05, 0.1) is 0 Å². The molecule has 18 heavy (non-hydrogen) atoms. The van der Waals surface area contributed by atoms with Crippen LogP contribution in [0.3, 0.4) is 0 Å². The number of hydrogen-bond donors (Lipinski definition) is 1. The lowest BCUT2D eigenvalue weighted by molar-refractivity contribution is 0.716. The molecule has 0 fully saturated rings. The minimum atomic E-state index is 0.843. The summed E-state index contributed by atoms with van der Waals surface area (Å²) in [4.78, 5) is 8.79. The lowest BCUT2D eigenvalue weighted by Crippen LogP contribution is -2.12. The van der Waals surface area contributed by atoms with Crippen molar-refractivity contribution in [1.82, 2.24) is 15.3 Å². The highest BCUT2D eigenvalue weighted by Crippen LogP contribution is 2.04. The molecule has 0 aliphatic heterocycles. The van der Waals surface area contributed by atoms with Gasteiger partial charge >= 0.3 is 0 Å². The smallest absolute Gasteiger partial charge is 0.128 e. The second kappa shape index (κ2) is 6.87. The minimum Gasteiger partial charge on any atom is -0.313 e. The molecule has 1 aromatic carbocycles. The number of aryl methyl sites for hydroxylation is 2. The van der Waals surface area contributed by atoms with Gasteiger partial charge in [0.15, 0.2) is 0 Å². The molecule has 0 radical (unpaired) electrons. The first-order valence-electron chi connectivity index (χ1n) is 6.43. The Morgan fingerprint density at radius 1 is 0.944 bits per heavy atom. The number of nitrogens with one attached hydrogen (secondary N) is 1. The van der Waals surface area contributed by atoms with Crippen LogP contribution < -0.4 is 5.32 Å². The van der Waals surface area contributed by atoms with E-state index < -0.39 is 0 Å². The number of rotatable bonds is 6. The molecule has 94 valence electrons. The van der Waals surface area contributed by atoms with Crippen LogP contribution in [0.2, 0.25) is 0 Å². The van der Waals surface area contributed by atoms with Crippen LogP contribution in [0.5, 0.6) is 0 Å². The molecule has 0 spiro atoms. The molecular formula is C15H19N3. The van der Waals surface area contributed by atoms with Gasteiger partial charge in [-0.05, 0) is 18.5 Å². The molecule has 0 bridgehead atoms. The third kappa shape index (κ3) is 3.93. The number of benzene rings is 1. The molecule has 0 saturated carbocycles. The summed E-state index contributed by atoms with van der Waals surface area (Å²) in [7, 11) is 0. The standard InChI is InChI=1S/C15H19N3/c1-2-16-10-14-11-17-15(18-12-14)9-8-13-6-4-3-5-7-13/h3-7,11-12,16H,2,8-10H2,1H3. The van der Waals surface area contributed by atoms with Crippen molar-refractivity contribution in [2.45, 2.75) is 26.3 Å². The van der Waals surface area contributed by atoms with E-state index in [-0.39, 0.29) is 0 Å². The molecular weight excluding hydrogens is 222 g/mol. The summed E-state index contributed by atoms with van der Waals surface area (Å²) in [5.74, 6) is 0.916. The highest BCUT2D eigenvalue weighted by molar-refractivity contribution is 5.15. The summed E-state index contributed by atoms with van der Waals surface area (Å²) in [5, 5.41) is 3.26. The zero-order chi connectivity index (χ0) is 12.6. The Labute approximate surface area is 108 Å². The highest BCUT2D eigenvalue weighted by atomic mass is 14.9. The Morgan fingerprint density at radius 3 is 2.33 bits per heavy atom. The SMILES string of the molecule is CCNCc1cnc(CCc2ccccc2)nc1. The Kier molecular flexibility index (Phi) is 4.85.